The fourth-order valence-electron chi connectivity index (χ4n) is 12.7. The number of guanidine groups is 2. The zero-order valence-electron chi connectivity index (χ0n) is 67.9. The smallest absolute Gasteiger partial charge is 0.407 e. The molecule has 2 heterocycles. The van der Waals surface area contributed by atoms with Crippen LogP contribution in [0.25, 0.3) is 0 Å². The van der Waals surface area contributed by atoms with Gasteiger partial charge in [0.1, 0.15) is 12.2 Å². The maximum atomic E-state index is 12.8. The van der Waals surface area contributed by atoms with Gasteiger partial charge in [-0.3, -0.25) is 28.8 Å². The van der Waals surface area contributed by atoms with Crippen LogP contribution < -0.4 is 86.7 Å². The number of rotatable bonds is 65. The number of nitrogens with two attached hydrogens (primary N) is 4. The van der Waals surface area contributed by atoms with Crippen molar-refractivity contribution in [1.29, 1.82) is 0 Å². The van der Waals surface area contributed by atoms with Gasteiger partial charge in [0.05, 0.1) is 37.4 Å². The van der Waals surface area contributed by atoms with Crippen LogP contribution in [0.1, 0.15) is 232 Å². The predicted molar refractivity (Wildman–Crippen MR) is 430 cm³/mol. The molecule has 2 aliphatic rings. The van der Waals surface area contributed by atoms with Gasteiger partial charge in [-0.1, -0.05) is 103 Å². The molecule has 0 aliphatic carbocycles. The van der Waals surface area contributed by atoms with Gasteiger partial charge in [-0.25, -0.2) is 38.8 Å². The SMILES string of the molecule is CC(=O)N[C@H]1[C@H]([C@H](OC(=O)NCCCCCCNC(=O)CCCCCNC(=O)CCCCCNC(=O)NCCCCCCCCCCCCNC(=O)NCCCCCC(=O)NCCCCCC(=O)NCCCCCCNC(=O)O[C@@H]([C@@H]2OC(C(=O)O)=C[C@H](N=C(N)N)[C@H]2NC(C)=O)[C@H](O)CO)[C@H](O)CO)OC(C(=O)O)=C[C@@H]1N=C(N)N. The summed E-state index contributed by atoms with van der Waals surface area (Å²) in [5, 5.41) is 93.3. The number of amides is 12. The highest BCUT2D eigenvalue weighted by molar-refractivity contribution is 5.86. The zero-order chi connectivity index (χ0) is 85.7. The first-order valence-electron chi connectivity index (χ1n) is 41.2. The molecule has 40 nitrogen and oxygen atoms in total. The summed E-state index contributed by atoms with van der Waals surface area (Å²) < 4.78 is 21.8. The number of hydrogen-bond donors (Lipinski definition) is 22. The van der Waals surface area contributed by atoms with Crippen LogP contribution in [-0.4, -0.2) is 254 Å². The van der Waals surface area contributed by atoms with Gasteiger partial charge in [0.2, 0.25) is 47.0 Å². The first kappa shape index (κ1) is 102. The molecule has 116 heavy (non-hydrogen) atoms. The first-order chi connectivity index (χ1) is 55.6. The van der Waals surface area contributed by atoms with Crippen LogP contribution in [0.3, 0.4) is 0 Å². The maximum Gasteiger partial charge on any atom is 0.407 e. The number of carboxylic acids is 2. The number of urea groups is 2. The third-order valence-electron chi connectivity index (χ3n) is 18.7. The summed E-state index contributed by atoms with van der Waals surface area (Å²) >= 11 is 0. The van der Waals surface area contributed by atoms with E-state index >= 15 is 0 Å². The maximum absolute atomic E-state index is 12.8. The third-order valence-corrected chi connectivity index (χ3v) is 18.7. The molecular formula is C76H136N18O22. The number of carbonyl (C=O) groups is 12. The standard InChI is InChI=1S/C76H136N18O22/c1-51(97)91-63-53(93-71(77)78)47-57(69(105)106)113-67(63)65(55(99)49-95)115-75(111)89-45-27-13-11-23-37-81-59(101)33-19-15-29-39-83-61(103)35-21-17-31-43-87-73(109)85-41-25-9-7-5-3-4-6-8-10-26-42-86-74(110)88-44-32-18-22-36-62(104)84-40-30-16-20-34-60(102)82-38-24-12-14-28-46-90-76(112)116-66(56(100)50-96)68-64(92-52(2)98)54(94-72(79)80)48-58(114-68)70(107)108/h47-48,53-56,63-68,95-96,99-100H,3-46,49-50H2,1-2H3,(H,81,101)(H,82,102)(H,83,103)(H,84,104)(H,89,111)(H,90,112)(H,91,97)(H,92,98)(H,105,106)(H,107,108)(H4,77,78,93)(H4,79,80,94)(H2,85,87,109)(H2,86,88,110)/t53-,54-,55+,56+,63+,64+,65+,66+,67+,68+/m0/s1. The molecule has 0 aromatic rings. The second kappa shape index (κ2) is 63.5. The van der Waals surface area contributed by atoms with Gasteiger partial charge >= 0.3 is 36.2 Å². The molecule has 0 saturated heterocycles. The number of aliphatic hydroxyl groups is 4. The van der Waals surface area contributed by atoms with E-state index in [1.165, 1.54) is 26.7 Å². The predicted octanol–water partition coefficient (Wildman–Crippen LogP) is 1.24. The van der Waals surface area contributed by atoms with Crippen LogP contribution in [-0.2, 0) is 57.3 Å². The van der Waals surface area contributed by atoms with E-state index < -0.39 is 133 Å². The molecular weight excluding hydrogens is 1520 g/mol. The molecule has 0 bridgehead atoms. The van der Waals surface area contributed by atoms with Crippen molar-refractivity contribution in [3.63, 3.8) is 0 Å². The van der Waals surface area contributed by atoms with E-state index in [1.54, 1.807) is 0 Å². The summed E-state index contributed by atoms with van der Waals surface area (Å²) in [6, 6.07) is -5.14. The number of hydrogen-bond acceptors (Lipinski definition) is 22. The Morgan fingerprint density at radius 3 is 0.810 bits per heavy atom. The lowest BCUT2D eigenvalue weighted by atomic mass is 9.92. The molecule has 0 aromatic carbocycles. The molecule has 10 atom stereocenters. The number of aliphatic carboxylic acids is 2. The van der Waals surface area contributed by atoms with Gasteiger partial charge in [-0.2, -0.15) is 0 Å². The lowest BCUT2D eigenvalue weighted by Crippen LogP contribution is -2.61. The van der Waals surface area contributed by atoms with Gasteiger partial charge in [0, 0.05) is 105 Å². The Labute approximate surface area is 680 Å². The summed E-state index contributed by atoms with van der Waals surface area (Å²) in [5.74, 6) is -6.49. The highest BCUT2D eigenvalue weighted by Gasteiger charge is 2.48. The molecule has 2 rings (SSSR count). The van der Waals surface area contributed by atoms with Gasteiger partial charge in [0.25, 0.3) is 0 Å². The topological polar surface area (TPSA) is 636 Å². The second-order valence-electron chi connectivity index (χ2n) is 28.8. The lowest BCUT2D eigenvalue weighted by Gasteiger charge is -2.39. The molecule has 26 N–H and O–H groups in total. The van der Waals surface area contributed by atoms with Crippen molar-refractivity contribution in [2.45, 2.75) is 293 Å². The van der Waals surface area contributed by atoms with Gasteiger partial charge in [0.15, 0.2) is 36.3 Å². The Morgan fingerprint density at radius 1 is 0.362 bits per heavy atom. The molecule has 12 amide bonds. The number of nitrogens with zero attached hydrogens (tertiary/aromatic N) is 2. The van der Waals surface area contributed by atoms with Gasteiger partial charge in [-0.15, -0.1) is 0 Å². The number of alkyl carbamates (subject to hydrolysis) is 2. The quantitative estimate of drug-likeness (QED) is 0.0231. The highest BCUT2D eigenvalue weighted by atomic mass is 16.6. The van der Waals surface area contributed by atoms with Crippen molar-refractivity contribution in [1.82, 2.24) is 63.8 Å². The summed E-state index contributed by atoms with van der Waals surface area (Å²) in [4.78, 5) is 155. The van der Waals surface area contributed by atoms with Crippen molar-refractivity contribution in [2.75, 3.05) is 78.7 Å². The average Bonchev–Trinajstić information content (AvgIpc) is 0.795. The molecule has 0 spiro atoms. The molecule has 0 fully saturated rings. The Bertz CT molecular complexity index is 2860. The summed E-state index contributed by atoms with van der Waals surface area (Å²) in [6.07, 6.45) is 17.1. The average molecular weight is 1650 g/mol. The molecule has 0 saturated carbocycles. The largest absolute Gasteiger partial charge is 0.477 e. The summed E-state index contributed by atoms with van der Waals surface area (Å²) in [6.45, 7) is 5.25. The normalized spacial score (nSPS) is 17.1. The monoisotopic (exact) mass is 1650 g/mol. The number of ether oxygens (including phenoxy) is 4. The second-order valence-corrected chi connectivity index (χ2v) is 28.8. The number of aliphatic hydroxyl groups excluding tert-OH is 4. The lowest BCUT2D eigenvalue weighted by molar-refractivity contribution is -0.147. The van der Waals surface area contributed by atoms with E-state index in [2.05, 4.69) is 73.8 Å². The number of carbonyl (C=O) groups excluding carboxylic acids is 10. The van der Waals surface area contributed by atoms with E-state index in [9.17, 15) is 88.2 Å². The number of unbranched alkanes of at least 4 members (excludes halogenated alkanes) is 23. The third kappa shape index (κ3) is 49.9. The minimum atomic E-state index is -1.75. The van der Waals surface area contributed by atoms with Crippen LogP contribution in [0.15, 0.2) is 33.7 Å². The Hall–Kier alpha value is -9.70. The van der Waals surface area contributed by atoms with E-state index in [0.29, 0.717) is 129 Å². The van der Waals surface area contributed by atoms with Gasteiger partial charge < -0.3 is 136 Å². The van der Waals surface area contributed by atoms with E-state index in [1.807, 2.05) is 0 Å². The van der Waals surface area contributed by atoms with Crippen molar-refractivity contribution >= 4 is 83.5 Å². The van der Waals surface area contributed by atoms with Crippen LogP contribution >= 0.6 is 0 Å². The number of aliphatic imine (C=N–C) groups is 2. The van der Waals surface area contributed by atoms with Crippen LogP contribution in [0, 0.1) is 0 Å². The highest BCUT2D eigenvalue weighted by Crippen LogP contribution is 2.29. The Morgan fingerprint density at radius 2 is 0.586 bits per heavy atom. The van der Waals surface area contributed by atoms with Crippen molar-refractivity contribution in [2.24, 2.45) is 32.9 Å². The van der Waals surface area contributed by atoms with Crippen LogP contribution in [0.5, 0.6) is 0 Å². The molecule has 0 aromatic heterocycles. The molecule has 0 radical (unpaired) electrons. The Balaban J connectivity index is 1.32. The zero-order valence-corrected chi connectivity index (χ0v) is 67.9. The fourth-order valence-corrected chi connectivity index (χ4v) is 12.7. The van der Waals surface area contributed by atoms with Crippen LogP contribution in [0.2, 0.25) is 0 Å². The van der Waals surface area contributed by atoms with Crippen molar-refractivity contribution < 1.29 is 107 Å². The van der Waals surface area contributed by atoms with Gasteiger partial charge in [-0.05, 0) is 102 Å². The molecule has 40 heteroatoms. The molecule has 0 unspecified atom stereocenters. The minimum Gasteiger partial charge on any atom is -0.477 e. The van der Waals surface area contributed by atoms with E-state index in [4.69, 9.17) is 41.9 Å². The van der Waals surface area contributed by atoms with Crippen molar-refractivity contribution in [3.8, 4) is 0 Å². The fraction of sp³-hybridized carbons (Fsp3) is 0.763. The van der Waals surface area contributed by atoms with E-state index in [0.717, 1.165) is 141 Å². The first-order valence-corrected chi connectivity index (χ1v) is 41.2. The summed E-state index contributed by atoms with van der Waals surface area (Å²) in [7, 11) is 0. The molecule has 662 valence electrons. The minimum absolute atomic E-state index is 0.0207. The number of nitrogens with one attached hydrogen (secondary N) is 12. The van der Waals surface area contributed by atoms with Crippen LogP contribution in [0.4, 0.5) is 19.2 Å². The molecule has 2 aliphatic heterocycles. The van der Waals surface area contributed by atoms with Crippen molar-refractivity contribution in [3.05, 3.63) is 23.7 Å². The number of carboxylic acid groups (broad SMARTS) is 2. The summed E-state index contributed by atoms with van der Waals surface area (Å²) in [5.41, 5.74) is 22.1. The Kier molecular flexibility index (Phi) is 56.1. The van der Waals surface area contributed by atoms with E-state index in [-0.39, 0.29) is 48.8 Å².